The molecule has 1 aromatic heterocycles. The molecule has 20 heavy (non-hydrogen) atoms. The van der Waals surface area contributed by atoms with Crippen molar-refractivity contribution in [2.75, 3.05) is 5.75 Å². The first-order chi connectivity index (χ1) is 9.84. The summed E-state index contributed by atoms with van der Waals surface area (Å²) in [4.78, 5) is 5.19. The molecule has 0 saturated carbocycles. The van der Waals surface area contributed by atoms with Gasteiger partial charge in [0.15, 0.2) is 5.16 Å². The summed E-state index contributed by atoms with van der Waals surface area (Å²) in [6.45, 7) is 0. The number of benzene rings is 2. The molecule has 0 fully saturated rings. The van der Waals surface area contributed by atoms with Crippen molar-refractivity contribution in [2.24, 2.45) is 0 Å². The number of aromatic nitrogens is 2. The highest BCUT2D eigenvalue weighted by molar-refractivity contribution is 9.09. The van der Waals surface area contributed by atoms with Gasteiger partial charge in [0.2, 0.25) is 0 Å². The maximum Gasteiger partial charge on any atom is 0.169 e. The SMILES string of the molecule is Br[C@@H]1CSc2nc3ccccc3n2[C@H]1c1ccccc1. The Kier molecular flexibility index (Phi) is 3.08. The summed E-state index contributed by atoms with van der Waals surface area (Å²) in [5, 5.41) is 1.12. The summed E-state index contributed by atoms with van der Waals surface area (Å²) >= 11 is 5.69. The monoisotopic (exact) mass is 344 g/mol. The second-order valence-electron chi connectivity index (χ2n) is 4.94. The maximum atomic E-state index is 4.77. The number of imidazole rings is 1. The van der Waals surface area contributed by atoms with Gasteiger partial charge in [0.25, 0.3) is 0 Å². The van der Waals surface area contributed by atoms with Crippen LogP contribution < -0.4 is 0 Å². The number of para-hydroxylation sites is 2. The fourth-order valence-electron chi connectivity index (χ4n) is 2.81. The predicted molar refractivity (Wildman–Crippen MR) is 87.8 cm³/mol. The number of alkyl halides is 1. The first-order valence-electron chi connectivity index (χ1n) is 6.63. The zero-order chi connectivity index (χ0) is 13.5. The molecule has 4 rings (SSSR count). The van der Waals surface area contributed by atoms with Crippen molar-refractivity contribution in [2.45, 2.75) is 16.0 Å². The van der Waals surface area contributed by atoms with Crippen LogP contribution in [0, 0.1) is 0 Å². The van der Waals surface area contributed by atoms with Crippen LogP contribution in [0.4, 0.5) is 0 Å². The first kappa shape index (κ1) is 12.5. The molecule has 0 bridgehead atoms. The van der Waals surface area contributed by atoms with E-state index in [2.05, 4.69) is 75.1 Å². The molecule has 100 valence electrons. The molecule has 0 N–H and O–H groups in total. The zero-order valence-corrected chi connectivity index (χ0v) is 13.1. The van der Waals surface area contributed by atoms with Gasteiger partial charge in [-0.1, -0.05) is 70.2 Å². The molecule has 2 aromatic carbocycles. The minimum atomic E-state index is 0.305. The van der Waals surface area contributed by atoms with E-state index < -0.39 is 0 Å². The van der Waals surface area contributed by atoms with Gasteiger partial charge in [-0.2, -0.15) is 0 Å². The average molecular weight is 345 g/mol. The van der Waals surface area contributed by atoms with Gasteiger partial charge in [-0.25, -0.2) is 4.98 Å². The molecule has 4 heteroatoms. The molecular formula is C16H13BrN2S. The van der Waals surface area contributed by atoms with Crippen molar-refractivity contribution in [3.63, 3.8) is 0 Å². The Morgan fingerprint density at radius 3 is 2.65 bits per heavy atom. The van der Waals surface area contributed by atoms with E-state index in [1.165, 1.54) is 11.1 Å². The van der Waals surface area contributed by atoms with E-state index in [1.54, 1.807) is 0 Å². The van der Waals surface area contributed by atoms with Crippen LogP contribution in [0.25, 0.3) is 11.0 Å². The van der Waals surface area contributed by atoms with Crippen molar-refractivity contribution in [3.05, 3.63) is 60.2 Å². The normalized spacial score (nSPS) is 21.9. The third-order valence-electron chi connectivity index (χ3n) is 3.70. The van der Waals surface area contributed by atoms with Crippen molar-refractivity contribution in [3.8, 4) is 0 Å². The van der Waals surface area contributed by atoms with Crippen LogP contribution >= 0.6 is 27.7 Å². The number of hydrogen-bond donors (Lipinski definition) is 0. The molecule has 2 heterocycles. The van der Waals surface area contributed by atoms with E-state index >= 15 is 0 Å². The highest BCUT2D eigenvalue weighted by Crippen LogP contribution is 2.41. The van der Waals surface area contributed by atoms with Crippen molar-refractivity contribution in [1.29, 1.82) is 0 Å². The fraction of sp³-hybridized carbons (Fsp3) is 0.188. The number of halogens is 1. The van der Waals surface area contributed by atoms with Gasteiger partial charge < -0.3 is 4.57 Å². The Morgan fingerprint density at radius 1 is 1.05 bits per heavy atom. The van der Waals surface area contributed by atoms with E-state index in [0.717, 1.165) is 16.4 Å². The Morgan fingerprint density at radius 2 is 1.80 bits per heavy atom. The van der Waals surface area contributed by atoms with Crippen LogP contribution in [-0.4, -0.2) is 20.1 Å². The van der Waals surface area contributed by atoms with Crippen LogP contribution in [0.15, 0.2) is 59.8 Å². The second kappa shape index (κ2) is 4.93. The predicted octanol–water partition coefficient (Wildman–Crippen LogP) is 4.49. The summed E-state index contributed by atoms with van der Waals surface area (Å²) in [7, 11) is 0. The van der Waals surface area contributed by atoms with Crippen LogP contribution in [0.3, 0.4) is 0 Å². The summed E-state index contributed by atoms with van der Waals surface area (Å²) in [5.41, 5.74) is 3.63. The van der Waals surface area contributed by atoms with E-state index in [4.69, 9.17) is 4.98 Å². The second-order valence-corrected chi connectivity index (χ2v) is 7.10. The molecule has 0 spiro atoms. The van der Waals surface area contributed by atoms with Gasteiger partial charge in [0, 0.05) is 10.6 Å². The minimum Gasteiger partial charge on any atom is -0.310 e. The summed E-state index contributed by atoms with van der Waals surface area (Å²) in [6.07, 6.45) is 0. The quantitative estimate of drug-likeness (QED) is 0.605. The fourth-order valence-corrected chi connectivity index (χ4v) is 4.75. The topological polar surface area (TPSA) is 17.8 Å². The lowest BCUT2D eigenvalue weighted by Gasteiger charge is -2.30. The van der Waals surface area contributed by atoms with Crippen LogP contribution in [0.2, 0.25) is 0 Å². The Hall–Kier alpha value is -1.26. The van der Waals surface area contributed by atoms with E-state index in [9.17, 15) is 0 Å². The van der Waals surface area contributed by atoms with Crippen molar-refractivity contribution >= 4 is 38.7 Å². The van der Waals surface area contributed by atoms with Crippen LogP contribution in [-0.2, 0) is 0 Å². The Bertz CT molecular complexity index is 754. The minimum absolute atomic E-state index is 0.305. The highest BCUT2D eigenvalue weighted by atomic mass is 79.9. The smallest absolute Gasteiger partial charge is 0.169 e. The molecule has 0 radical (unpaired) electrons. The van der Waals surface area contributed by atoms with E-state index in [0.29, 0.717) is 10.9 Å². The van der Waals surface area contributed by atoms with Gasteiger partial charge in [-0.15, -0.1) is 0 Å². The number of thioether (sulfide) groups is 1. The standard InChI is InChI=1S/C16H13BrN2S/c17-12-10-20-16-18-13-8-4-5-9-14(13)19(16)15(12)11-6-2-1-3-7-11/h1-9,12,15H,10H2/t12-,15+/m1/s1. The molecule has 1 aliphatic heterocycles. The maximum absolute atomic E-state index is 4.77. The molecule has 0 aliphatic carbocycles. The molecule has 0 saturated heterocycles. The Balaban J connectivity index is 1.97. The van der Waals surface area contributed by atoms with Gasteiger partial charge in [-0.05, 0) is 17.7 Å². The molecule has 0 unspecified atom stereocenters. The van der Waals surface area contributed by atoms with Crippen molar-refractivity contribution < 1.29 is 0 Å². The number of fused-ring (bicyclic) bond motifs is 3. The summed E-state index contributed by atoms with van der Waals surface area (Å²) in [5.74, 6) is 1.04. The molecular weight excluding hydrogens is 332 g/mol. The van der Waals surface area contributed by atoms with Gasteiger partial charge >= 0.3 is 0 Å². The largest absolute Gasteiger partial charge is 0.310 e. The lowest BCUT2D eigenvalue weighted by atomic mass is 10.0. The van der Waals surface area contributed by atoms with Gasteiger partial charge in [0.1, 0.15) is 0 Å². The number of hydrogen-bond acceptors (Lipinski definition) is 2. The van der Waals surface area contributed by atoms with E-state index in [-0.39, 0.29) is 0 Å². The third kappa shape index (κ3) is 1.90. The van der Waals surface area contributed by atoms with Gasteiger partial charge in [-0.3, -0.25) is 0 Å². The van der Waals surface area contributed by atoms with Gasteiger partial charge in [0.05, 0.1) is 17.1 Å². The number of nitrogens with zero attached hydrogens (tertiary/aromatic N) is 2. The zero-order valence-electron chi connectivity index (χ0n) is 10.7. The highest BCUT2D eigenvalue weighted by Gasteiger charge is 2.31. The number of rotatable bonds is 1. The van der Waals surface area contributed by atoms with Crippen molar-refractivity contribution in [1.82, 2.24) is 9.55 Å². The molecule has 1 aliphatic rings. The van der Waals surface area contributed by atoms with Crippen LogP contribution in [0.5, 0.6) is 0 Å². The molecule has 3 aromatic rings. The first-order valence-corrected chi connectivity index (χ1v) is 8.53. The Labute approximate surface area is 130 Å². The lowest BCUT2D eigenvalue weighted by Crippen LogP contribution is -2.27. The summed E-state index contributed by atoms with van der Waals surface area (Å²) < 4.78 is 2.37. The molecule has 0 amide bonds. The molecule has 2 nitrogen and oxygen atoms in total. The van der Waals surface area contributed by atoms with E-state index in [1.807, 2.05) is 11.8 Å². The molecule has 2 atom stereocenters. The van der Waals surface area contributed by atoms with Crippen LogP contribution in [0.1, 0.15) is 11.6 Å². The average Bonchev–Trinajstić information content (AvgIpc) is 2.87. The summed E-state index contributed by atoms with van der Waals surface area (Å²) in [6, 6.07) is 19.4. The lowest BCUT2D eigenvalue weighted by molar-refractivity contribution is 0.544. The third-order valence-corrected chi connectivity index (χ3v) is 6.02.